The van der Waals surface area contributed by atoms with Crippen molar-refractivity contribution in [3.05, 3.63) is 60.2 Å². The summed E-state index contributed by atoms with van der Waals surface area (Å²) in [5.74, 6) is -2.13. The molecule has 4 rings (SSSR count). The van der Waals surface area contributed by atoms with Crippen LogP contribution in [0.2, 0.25) is 0 Å². The maximum absolute atomic E-state index is 13.5. The van der Waals surface area contributed by atoms with E-state index in [-0.39, 0.29) is 6.54 Å². The average Bonchev–Trinajstić information content (AvgIpc) is 3.24. The lowest BCUT2D eigenvalue weighted by atomic mass is 10.0. The number of pyridine rings is 1. The molecule has 0 aliphatic heterocycles. The van der Waals surface area contributed by atoms with E-state index < -0.39 is 5.92 Å². The fraction of sp³-hybridized carbons (Fsp3) is 0.273. The number of hydrogen-bond donors (Lipinski definition) is 1. The Morgan fingerprint density at radius 1 is 1.10 bits per heavy atom. The lowest BCUT2D eigenvalue weighted by Crippen LogP contribution is -2.18. The van der Waals surface area contributed by atoms with Crippen LogP contribution in [0.5, 0.6) is 0 Å². The smallest absolute Gasteiger partial charge is 0.262 e. The van der Waals surface area contributed by atoms with Crippen LogP contribution in [-0.2, 0) is 13.6 Å². The Hall–Kier alpha value is -3.22. The fourth-order valence-electron chi connectivity index (χ4n) is 3.68. The number of aryl methyl sites for hydroxylation is 3. The molecule has 0 aliphatic carbocycles. The van der Waals surface area contributed by atoms with Crippen molar-refractivity contribution in [1.29, 1.82) is 0 Å². The van der Waals surface area contributed by atoms with Gasteiger partial charge in [0.1, 0.15) is 5.82 Å². The summed E-state index contributed by atoms with van der Waals surface area (Å²) < 4.78 is 30.3. The maximum Gasteiger partial charge on any atom is 0.262 e. The van der Waals surface area contributed by atoms with Crippen LogP contribution < -0.4 is 5.32 Å². The van der Waals surface area contributed by atoms with Gasteiger partial charge < -0.3 is 9.88 Å². The molecule has 0 saturated carbocycles. The number of benzene rings is 1. The summed E-state index contributed by atoms with van der Waals surface area (Å²) in [6, 6.07) is 7.80. The number of anilines is 2. The molecule has 0 radical (unpaired) electrons. The third kappa shape index (κ3) is 3.85. The van der Waals surface area contributed by atoms with E-state index in [2.05, 4.69) is 27.5 Å². The van der Waals surface area contributed by atoms with Crippen LogP contribution in [0.15, 0.2) is 49.1 Å². The lowest BCUT2D eigenvalue weighted by Gasteiger charge is -2.15. The summed E-state index contributed by atoms with van der Waals surface area (Å²) in [5, 5.41) is 8.46. The minimum Gasteiger partial charge on any atom is -0.341 e. The van der Waals surface area contributed by atoms with Crippen LogP contribution in [0.1, 0.15) is 18.1 Å². The number of rotatable bonds is 5. The van der Waals surface area contributed by atoms with Crippen LogP contribution in [0.3, 0.4) is 0 Å². The van der Waals surface area contributed by atoms with Gasteiger partial charge in [0.25, 0.3) is 5.92 Å². The van der Waals surface area contributed by atoms with Gasteiger partial charge in [-0.05, 0) is 54.8 Å². The number of fused-ring (bicyclic) bond motifs is 1. The topological polar surface area (TPSA) is 47.7 Å². The molecule has 150 valence electrons. The van der Waals surface area contributed by atoms with Gasteiger partial charge in [-0.1, -0.05) is 0 Å². The number of aromatic nitrogens is 4. The van der Waals surface area contributed by atoms with Crippen molar-refractivity contribution < 1.29 is 8.78 Å². The predicted molar refractivity (Wildman–Crippen MR) is 112 cm³/mol. The molecule has 0 fully saturated rings. The molecule has 3 aromatic heterocycles. The van der Waals surface area contributed by atoms with E-state index in [0.717, 1.165) is 45.8 Å². The normalized spacial score (nSPS) is 11.9. The number of hydrogen-bond acceptors (Lipinski definition) is 3. The number of nitrogens with zero attached hydrogens (tertiary/aromatic N) is 4. The van der Waals surface area contributed by atoms with Crippen LogP contribution in [-0.4, -0.2) is 25.3 Å². The van der Waals surface area contributed by atoms with E-state index in [0.29, 0.717) is 5.82 Å². The van der Waals surface area contributed by atoms with Crippen molar-refractivity contribution in [3.63, 3.8) is 0 Å². The monoisotopic (exact) mass is 395 g/mol. The second-order valence-electron chi connectivity index (χ2n) is 7.62. The molecule has 0 unspecified atom stereocenters. The highest BCUT2D eigenvalue weighted by Gasteiger charge is 2.23. The number of nitrogens with one attached hydrogen (secondary N) is 1. The Balaban J connectivity index is 1.70. The molecule has 1 N–H and O–H groups in total. The molecule has 0 bridgehead atoms. The Bertz CT molecular complexity index is 1160. The first-order chi connectivity index (χ1) is 13.7. The van der Waals surface area contributed by atoms with Crippen molar-refractivity contribution in [2.45, 2.75) is 33.2 Å². The zero-order valence-corrected chi connectivity index (χ0v) is 16.9. The average molecular weight is 395 g/mol. The van der Waals surface area contributed by atoms with Crippen molar-refractivity contribution in [1.82, 2.24) is 19.3 Å². The molecule has 0 atom stereocenters. The molecule has 29 heavy (non-hydrogen) atoms. The largest absolute Gasteiger partial charge is 0.341 e. The zero-order valence-electron chi connectivity index (χ0n) is 16.9. The third-order valence-electron chi connectivity index (χ3n) is 4.96. The quantitative estimate of drug-likeness (QED) is 0.489. The van der Waals surface area contributed by atoms with E-state index in [1.54, 1.807) is 27.7 Å². The minimum absolute atomic E-state index is 0.363. The van der Waals surface area contributed by atoms with Gasteiger partial charge in [-0.3, -0.25) is 4.68 Å². The third-order valence-corrected chi connectivity index (χ3v) is 4.96. The SMILES string of the molecule is Cc1cc(-c2cnn(C)c2)cc(C)c1Nc1nccc2c1ccn2CC(C)(F)F. The highest BCUT2D eigenvalue weighted by atomic mass is 19.3. The van der Waals surface area contributed by atoms with Crippen molar-refractivity contribution in [3.8, 4) is 11.1 Å². The molecule has 0 aliphatic rings. The molecular weight excluding hydrogens is 372 g/mol. The lowest BCUT2D eigenvalue weighted by molar-refractivity contribution is 0.00510. The summed E-state index contributed by atoms with van der Waals surface area (Å²) in [6.07, 6.45) is 7.15. The Morgan fingerprint density at radius 3 is 2.45 bits per heavy atom. The van der Waals surface area contributed by atoms with Gasteiger partial charge in [0, 0.05) is 49.2 Å². The summed E-state index contributed by atoms with van der Waals surface area (Å²) in [5.41, 5.74) is 5.99. The van der Waals surface area contributed by atoms with E-state index in [1.165, 1.54) is 0 Å². The van der Waals surface area contributed by atoms with Crippen molar-refractivity contribution >= 4 is 22.4 Å². The van der Waals surface area contributed by atoms with Gasteiger partial charge >= 0.3 is 0 Å². The maximum atomic E-state index is 13.5. The van der Waals surface area contributed by atoms with Gasteiger partial charge in [0.15, 0.2) is 0 Å². The highest BCUT2D eigenvalue weighted by molar-refractivity contribution is 5.92. The van der Waals surface area contributed by atoms with Gasteiger partial charge in [-0.25, -0.2) is 13.8 Å². The van der Waals surface area contributed by atoms with Gasteiger partial charge in [0.05, 0.1) is 18.3 Å². The highest BCUT2D eigenvalue weighted by Crippen LogP contribution is 2.32. The van der Waals surface area contributed by atoms with Crippen molar-refractivity contribution in [2.24, 2.45) is 7.05 Å². The zero-order chi connectivity index (χ0) is 20.8. The summed E-state index contributed by atoms with van der Waals surface area (Å²) >= 11 is 0. The molecule has 5 nitrogen and oxygen atoms in total. The molecule has 4 aromatic rings. The molecule has 0 saturated heterocycles. The summed E-state index contributed by atoms with van der Waals surface area (Å²) in [4.78, 5) is 4.45. The van der Waals surface area contributed by atoms with E-state index in [9.17, 15) is 8.78 Å². The van der Waals surface area contributed by atoms with Gasteiger partial charge in [-0.2, -0.15) is 5.10 Å². The first kappa shape index (κ1) is 19.1. The Kier molecular flexibility index (Phi) is 4.61. The van der Waals surface area contributed by atoms with Crippen LogP contribution in [0, 0.1) is 13.8 Å². The first-order valence-corrected chi connectivity index (χ1v) is 9.40. The minimum atomic E-state index is -2.78. The van der Waals surface area contributed by atoms with E-state index >= 15 is 0 Å². The second kappa shape index (κ2) is 6.99. The van der Waals surface area contributed by atoms with Crippen LogP contribution >= 0.6 is 0 Å². The number of halogens is 2. The molecule has 7 heteroatoms. The Morgan fingerprint density at radius 2 is 1.83 bits per heavy atom. The second-order valence-corrected chi connectivity index (χ2v) is 7.62. The Labute approximate surface area is 168 Å². The first-order valence-electron chi connectivity index (χ1n) is 9.40. The van der Waals surface area contributed by atoms with Gasteiger partial charge in [0.2, 0.25) is 0 Å². The van der Waals surface area contributed by atoms with Crippen LogP contribution in [0.4, 0.5) is 20.3 Å². The molecule has 0 amide bonds. The number of alkyl halides is 2. The standard InChI is InChI=1S/C22H23F2N5/c1-14-9-16(17-11-26-28(4)12-17)10-15(2)20(14)27-21-18-6-8-29(13-22(3,23)24)19(18)5-7-25-21/h5-12H,13H2,1-4H3,(H,25,27). The van der Waals surface area contributed by atoms with E-state index in [4.69, 9.17) is 0 Å². The van der Waals surface area contributed by atoms with E-state index in [1.807, 2.05) is 39.4 Å². The predicted octanol–water partition coefficient (Wildman–Crippen LogP) is 5.45. The molecular formula is C22H23F2N5. The summed E-state index contributed by atoms with van der Waals surface area (Å²) in [7, 11) is 1.89. The summed E-state index contributed by atoms with van der Waals surface area (Å²) in [6.45, 7) is 4.64. The van der Waals surface area contributed by atoms with Gasteiger partial charge in [-0.15, -0.1) is 0 Å². The molecule has 1 aromatic carbocycles. The fourth-order valence-corrected chi connectivity index (χ4v) is 3.68. The molecule has 0 spiro atoms. The molecule has 3 heterocycles. The van der Waals surface area contributed by atoms with Crippen LogP contribution in [0.25, 0.3) is 22.0 Å². The van der Waals surface area contributed by atoms with Crippen molar-refractivity contribution in [2.75, 3.05) is 5.32 Å².